The highest BCUT2D eigenvalue weighted by atomic mass is 16.3. The molecule has 0 atom stereocenters. The van der Waals surface area contributed by atoms with E-state index in [0.29, 0.717) is 12.5 Å². The van der Waals surface area contributed by atoms with Crippen LogP contribution in [0.1, 0.15) is 5.56 Å². The zero-order valence-electron chi connectivity index (χ0n) is 9.61. The summed E-state index contributed by atoms with van der Waals surface area (Å²) in [5.74, 6) is 0.860. The molecule has 2 N–H and O–H groups in total. The first-order valence-electron chi connectivity index (χ1n) is 5.64. The predicted molar refractivity (Wildman–Crippen MR) is 68.4 cm³/mol. The molecule has 2 heterocycles. The number of fused-ring (bicyclic) bond motifs is 1. The maximum absolute atomic E-state index is 9.19. The van der Waals surface area contributed by atoms with Gasteiger partial charge in [-0.25, -0.2) is 4.52 Å². The van der Waals surface area contributed by atoms with Gasteiger partial charge in [0.25, 0.3) is 0 Å². The number of rotatable bonds is 3. The monoisotopic (exact) mass is 240 g/mol. The Hall–Kier alpha value is -2.56. The summed E-state index contributed by atoms with van der Waals surface area (Å²) in [6.45, 7) is 0.622. The summed E-state index contributed by atoms with van der Waals surface area (Å²) >= 11 is 0. The Morgan fingerprint density at radius 2 is 1.94 bits per heavy atom. The van der Waals surface area contributed by atoms with Gasteiger partial charge >= 0.3 is 0 Å². The molecular formula is C13H12N4O. The van der Waals surface area contributed by atoms with Crippen LogP contribution in [-0.2, 0) is 6.54 Å². The van der Waals surface area contributed by atoms with E-state index in [2.05, 4.69) is 15.4 Å². The fraction of sp³-hybridized carbons (Fsp3) is 0.0769. The van der Waals surface area contributed by atoms with Gasteiger partial charge in [0.2, 0.25) is 5.95 Å². The van der Waals surface area contributed by atoms with E-state index in [9.17, 15) is 5.11 Å². The van der Waals surface area contributed by atoms with Crippen molar-refractivity contribution in [1.82, 2.24) is 14.6 Å². The van der Waals surface area contributed by atoms with E-state index in [-0.39, 0.29) is 5.75 Å². The maximum Gasteiger partial charge on any atom is 0.243 e. The summed E-state index contributed by atoms with van der Waals surface area (Å²) in [4.78, 5) is 4.34. The molecule has 0 radical (unpaired) electrons. The van der Waals surface area contributed by atoms with Gasteiger partial charge in [-0.1, -0.05) is 18.2 Å². The number of hydrogen-bond donors (Lipinski definition) is 2. The van der Waals surface area contributed by atoms with Crippen molar-refractivity contribution in [3.05, 3.63) is 54.2 Å². The molecule has 0 fully saturated rings. The Labute approximate surface area is 104 Å². The van der Waals surface area contributed by atoms with Gasteiger partial charge < -0.3 is 10.4 Å². The van der Waals surface area contributed by atoms with Crippen LogP contribution in [0, 0.1) is 0 Å². The van der Waals surface area contributed by atoms with Crippen LogP contribution in [0.5, 0.6) is 5.75 Å². The van der Waals surface area contributed by atoms with Crippen LogP contribution in [0.25, 0.3) is 5.65 Å². The van der Waals surface area contributed by atoms with Crippen LogP contribution in [0.15, 0.2) is 48.7 Å². The number of aromatic nitrogens is 3. The summed E-state index contributed by atoms with van der Waals surface area (Å²) in [6.07, 6.45) is 1.86. The van der Waals surface area contributed by atoms with E-state index >= 15 is 0 Å². The largest absolute Gasteiger partial charge is 0.508 e. The zero-order chi connectivity index (χ0) is 12.4. The molecule has 5 nitrogen and oxygen atoms in total. The SMILES string of the molecule is Oc1ccc(CNc2nc3ccccn3n2)cc1. The lowest BCUT2D eigenvalue weighted by molar-refractivity contribution is 0.475. The Kier molecular flexibility index (Phi) is 2.57. The molecular weight excluding hydrogens is 228 g/mol. The van der Waals surface area contributed by atoms with E-state index < -0.39 is 0 Å². The molecule has 2 aromatic heterocycles. The van der Waals surface area contributed by atoms with Gasteiger partial charge in [-0.2, -0.15) is 4.98 Å². The van der Waals surface area contributed by atoms with Gasteiger partial charge in [-0.05, 0) is 29.8 Å². The van der Waals surface area contributed by atoms with Gasteiger partial charge in [0, 0.05) is 12.7 Å². The number of pyridine rings is 1. The second-order valence-electron chi connectivity index (χ2n) is 3.96. The Morgan fingerprint density at radius 1 is 1.11 bits per heavy atom. The van der Waals surface area contributed by atoms with E-state index in [1.54, 1.807) is 16.6 Å². The molecule has 0 aliphatic heterocycles. The van der Waals surface area contributed by atoms with Gasteiger partial charge in [0.15, 0.2) is 5.65 Å². The standard InChI is InChI=1S/C13H12N4O/c18-11-6-4-10(5-7-11)9-14-13-15-12-3-1-2-8-17(12)16-13/h1-8,18H,9H2,(H,14,16). The predicted octanol–water partition coefficient (Wildman–Crippen LogP) is 2.05. The molecule has 1 aromatic carbocycles. The number of hydrogen-bond acceptors (Lipinski definition) is 4. The van der Waals surface area contributed by atoms with Crippen LogP contribution in [0.2, 0.25) is 0 Å². The Balaban J connectivity index is 1.74. The number of benzene rings is 1. The van der Waals surface area contributed by atoms with Crippen LogP contribution >= 0.6 is 0 Å². The summed E-state index contributed by atoms with van der Waals surface area (Å²) < 4.78 is 1.72. The van der Waals surface area contributed by atoms with Gasteiger partial charge in [-0.3, -0.25) is 0 Å². The van der Waals surface area contributed by atoms with Gasteiger partial charge in [-0.15, -0.1) is 5.10 Å². The third-order valence-electron chi connectivity index (χ3n) is 2.63. The molecule has 5 heteroatoms. The van der Waals surface area contributed by atoms with Crippen molar-refractivity contribution in [2.24, 2.45) is 0 Å². The molecule has 3 aromatic rings. The van der Waals surface area contributed by atoms with Crippen LogP contribution in [0.4, 0.5) is 5.95 Å². The van der Waals surface area contributed by atoms with E-state index in [0.717, 1.165) is 11.2 Å². The van der Waals surface area contributed by atoms with Crippen molar-refractivity contribution < 1.29 is 5.11 Å². The minimum Gasteiger partial charge on any atom is -0.508 e. The molecule has 0 saturated carbocycles. The Morgan fingerprint density at radius 3 is 2.72 bits per heavy atom. The highest BCUT2D eigenvalue weighted by Crippen LogP contribution is 2.11. The van der Waals surface area contributed by atoms with Crippen molar-refractivity contribution >= 4 is 11.6 Å². The van der Waals surface area contributed by atoms with Crippen molar-refractivity contribution in [3.8, 4) is 5.75 Å². The molecule has 0 unspecified atom stereocenters. The number of nitrogens with one attached hydrogen (secondary N) is 1. The molecule has 90 valence electrons. The molecule has 0 spiro atoms. The fourth-order valence-electron chi connectivity index (χ4n) is 1.70. The Bertz CT molecular complexity index is 627. The first-order chi connectivity index (χ1) is 8.81. The third kappa shape index (κ3) is 2.10. The summed E-state index contributed by atoms with van der Waals surface area (Å²) in [5, 5.41) is 16.6. The number of phenolic OH excluding ortho intramolecular Hbond substituents is 1. The lowest BCUT2D eigenvalue weighted by Gasteiger charge is -2.01. The van der Waals surface area contributed by atoms with Gasteiger partial charge in [0.05, 0.1) is 0 Å². The minimum atomic E-state index is 0.268. The van der Waals surface area contributed by atoms with Crippen LogP contribution in [0.3, 0.4) is 0 Å². The highest BCUT2D eigenvalue weighted by molar-refractivity contribution is 5.43. The fourth-order valence-corrected chi connectivity index (χ4v) is 1.70. The van der Waals surface area contributed by atoms with E-state index in [4.69, 9.17) is 0 Å². The van der Waals surface area contributed by atoms with Crippen molar-refractivity contribution in [2.45, 2.75) is 6.54 Å². The number of nitrogens with zero attached hydrogens (tertiary/aromatic N) is 3. The number of aromatic hydroxyl groups is 1. The third-order valence-corrected chi connectivity index (χ3v) is 2.63. The average molecular weight is 240 g/mol. The highest BCUT2D eigenvalue weighted by Gasteiger charge is 2.01. The molecule has 0 amide bonds. The second kappa shape index (κ2) is 4.37. The first-order valence-corrected chi connectivity index (χ1v) is 5.64. The maximum atomic E-state index is 9.19. The summed E-state index contributed by atoms with van der Waals surface area (Å²) in [7, 11) is 0. The first kappa shape index (κ1) is 10.6. The van der Waals surface area contributed by atoms with Gasteiger partial charge in [0.1, 0.15) is 5.75 Å². The molecule has 18 heavy (non-hydrogen) atoms. The summed E-state index contributed by atoms with van der Waals surface area (Å²) in [6, 6.07) is 12.8. The van der Waals surface area contributed by atoms with Crippen LogP contribution < -0.4 is 5.32 Å². The minimum absolute atomic E-state index is 0.268. The average Bonchev–Trinajstić information content (AvgIpc) is 2.81. The van der Waals surface area contributed by atoms with Crippen molar-refractivity contribution in [2.75, 3.05) is 5.32 Å². The molecule has 0 saturated heterocycles. The lowest BCUT2D eigenvalue weighted by Crippen LogP contribution is -2.00. The molecule has 0 aliphatic rings. The van der Waals surface area contributed by atoms with Crippen molar-refractivity contribution in [1.29, 1.82) is 0 Å². The molecule has 0 aliphatic carbocycles. The van der Waals surface area contributed by atoms with E-state index in [1.165, 1.54) is 0 Å². The molecule has 0 bridgehead atoms. The zero-order valence-corrected chi connectivity index (χ0v) is 9.61. The normalized spacial score (nSPS) is 10.7. The lowest BCUT2D eigenvalue weighted by atomic mass is 10.2. The summed E-state index contributed by atoms with van der Waals surface area (Å²) in [5.41, 5.74) is 1.87. The van der Waals surface area contributed by atoms with Crippen LogP contribution in [-0.4, -0.2) is 19.7 Å². The van der Waals surface area contributed by atoms with E-state index in [1.807, 2.05) is 36.5 Å². The quantitative estimate of drug-likeness (QED) is 0.735. The topological polar surface area (TPSA) is 62.5 Å². The number of phenols is 1. The smallest absolute Gasteiger partial charge is 0.243 e. The second-order valence-corrected chi connectivity index (χ2v) is 3.96. The number of anilines is 1. The van der Waals surface area contributed by atoms with Crippen molar-refractivity contribution in [3.63, 3.8) is 0 Å². The molecule has 3 rings (SSSR count).